The lowest BCUT2D eigenvalue weighted by Gasteiger charge is -2.11. The SMILES string of the molecule is Nc1cc(Nc2ccccc2C(=O)O)nc(-c2ccccc2F)n1. The van der Waals surface area contributed by atoms with Crippen molar-refractivity contribution in [3.8, 4) is 11.4 Å². The number of benzene rings is 2. The Morgan fingerprint density at radius 1 is 1.08 bits per heavy atom. The third-order valence-corrected chi connectivity index (χ3v) is 3.28. The van der Waals surface area contributed by atoms with Crippen LogP contribution >= 0.6 is 0 Å². The fourth-order valence-corrected chi connectivity index (χ4v) is 2.21. The first-order valence-corrected chi connectivity index (χ1v) is 7.03. The number of halogens is 1. The molecule has 0 aliphatic heterocycles. The second kappa shape index (κ2) is 6.33. The van der Waals surface area contributed by atoms with Gasteiger partial charge in [0.1, 0.15) is 17.5 Å². The lowest BCUT2D eigenvalue weighted by molar-refractivity contribution is 0.0698. The number of aromatic nitrogens is 2. The molecule has 7 heteroatoms. The van der Waals surface area contributed by atoms with Gasteiger partial charge in [0.15, 0.2) is 5.82 Å². The summed E-state index contributed by atoms with van der Waals surface area (Å²) in [4.78, 5) is 19.5. The van der Waals surface area contributed by atoms with E-state index in [2.05, 4.69) is 15.3 Å². The van der Waals surface area contributed by atoms with Crippen LogP contribution in [-0.2, 0) is 0 Å². The fraction of sp³-hybridized carbons (Fsp3) is 0. The highest BCUT2D eigenvalue weighted by Gasteiger charge is 2.13. The molecule has 4 N–H and O–H groups in total. The van der Waals surface area contributed by atoms with E-state index >= 15 is 0 Å². The molecule has 1 aromatic heterocycles. The van der Waals surface area contributed by atoms with Crippen LogP contribution in [0.1, 0.15) is 10.4 Å². The van der Waals surface area contributed by atoms with Crippen molar-refractivity contribution in [2.45, 2.75) is 0 Å². The number of carboxylic acid groups (broad SMARTS) is 1. The number of hydrogen-bond acceptors (Lipinski definition) is 5. The van der Waals surface area contributed by atoms with Gasteiger partial charge in [0.2, 0.25) is 0 Å². The summed E-state index contributed by atoms with van der Waals surface area (Å²) < 4.78 is 13.9. The first kappa shape index (κ1) is 15.4. The molecule has 0 atom stereocenters. The van der Waals surface area contributed by atoms with Crippen molar-refractivity contribution in [1.82, 2.24) is 9.97 Å². The summed E-state index contributed by atoms with van der Waals surface area (Å²) in [6.07, 6.45) is 0. The van der Waals surface area contributed by atoms with Crippen molar-refractivity contribution in [3.05, 3.63) is 66.0 Å². The zero-order valence-electron chi connectivity index (χ0n) is 12.4. The maximum Gasteiger partial charge on any atom is 0.337 e. The summed E-state index contributed by atoms with van der Waals surface area (Å²) in [6, 6.07) is 13.9. The number of nitrogens with two attached hydrogens (primary N) is 1. The average molecular weight is 324 g/mol. The quantitative estimate of drug-likeness (QED) is 0.680. The molecule has 0 spiro atoms. The van der Waals surface area contributed by atoms with Gasteiger partial charge in [-0.1, -0.05) is 24.3 Å². The normalized spacial score (nSPS) is 10.4. The standard InChI is InChI=1S/C17H13FN4O2/c18-12-7-3-1-5-10(12)16-21-14(19)9-15(22-16)20-13-8-4-2-6-11(13)17(23)24/h1-9H,(H,23,24)(H3,19,20,21,22). The van der Waals surface area contributed by atoms with Crippen LogP contribution in [0.2, 0.25) is 0 Å². The van der Waals surface area contributed by atoms with Crippen LogP contribution < -0.4 is 11.1 Å². The largest absolute Gasteiger partial charge is 0.478 e. The summed E-state index contributed by atoms with van der Waals surface area (Å²) in [5.41, 5.74) is 6.41. The predicted octanol–water partition coefficient (Wildman–Crippen LogP) is 3.31. The van der Waals surface area contributed by atoms with Gasteiger partial charge in [0.25, 0.3) is 0 Å². The lowest BCUT2D eigenvalue weighted by atomic mass is 10.2. The molecule has 2 aromatic carbocycles. The van der Waals surface area contributed by atoms with Crippen LogP contribution in [0.15, 0.2) is 54.6 Å². The van der Waals surface area contributed by atoms with Gasteiger partial charge in [0.05, 0.1) is 16.8 Å². The molecule has 120 valence electrons. The Morgan fingerprint density at radius 3 is 2.54 bits per heavy atom. The number of carboxylic acids is 1. The van der Waals surface area contributed by atoms with Crippen molar-refractivity contribution in [3.63, 3.8) is 0 Å². The van der Waals surface area contributed by atoms with Crippen LogP contribution in [0.25, 0.3) is 11.4 Å². The molecule has 6 nitrogen and oxygen atoms in total. The number of anilines is 3. The van der Waals surface area contributed by atoms with E-state index in [-0.39, 0.29) is 28.6 Å². The molecule has 0 unspecified atom stereocenters. The minimum atomic E-state index is -1.07. The van der Waals surface area contributed by atoms with Gasteiger partial charge in [0, 0.05) is 6.07 Å². The average Bonchev–Trinajstić information content (AvgIpc) is 2.55. The van der Waals surface area contributed by atoms with E-state index in [4.69, 9.17) is 5.73 Å². The van der Waals surface area contributed by atoms with E-state index in [1.807, 2.05) is 0 Å². The maximum atomic E-state index is 13.9. The van der Waals surface area contributed by atoms with Gasteiger partial charge >= 0.3 is 5.97 Å². The Bertz CT molecular complexity index is 915. The summed E-state index contributed by atoms with van der Waals surface area (Å²) in [5.74, 6) is -1.02. The zero-order chi connectivity index (χ0) is 17.1. The Morgan fingerprint density at radius 2 is 1.79 bits per heavy atom. The highest BCUT2D eigenvalue weighted by Crippen LogP contribution is 2.25. The monoisotopic (exact) mass is 324 g/mol. The highest BCUT2D eigenvalue weighted by molar-refractivity contribution is 5.95. The first-order valence-electron chi connectivity index (χ1n) is 7.03. The molecule has 0 aliphatic rings. The topological polar surface area (TPSA) is 101 Å². The van der Waals surface area contributed by atoms with E-state index < -0.39 is 11.8 Å². The van der Waals surface area contributed by atoms with E-state index in [1.165, 1.54) is 18.2 Å². The van der Waals surface area contributed by atoms with E-state index in [9.17, 15) is 14.3 Å². The molecule has 0 bridgehead atoms. The van der Waals surface area contributed by atoms with Crippen LogP contribution in [0.3, 0.4) is 0 Å². The number of hydrogen-bond donors (Lipinski definition) is 3. The van der Waals surface area contributed by atoms with Gasteiger partial charge in [-0.3, -0.25) is 0 Å². The summed E-state index contributed by atoms with van der Waals surface area (Å²) in [5, 5.41) is 12.1. The second-order valence-corrected chi connectivity index (χ2v) is 4.96. The van der Waals surface area contributed by atoms with Gasteiger partial charge in [-0.25, -0.2) is 19.2 Å². The number of carbonyl (C=O) groups is 1. The number of nitrogens with zero attached hydrogens (tertiary/aromatic N) is 2. The van der Waals surface area contributed by atoms with Gasteiger partial charge in [-0.05, 0) is 24.3 Å². The molecular weight excluding hydrogens is 311 g/mol. The number of para-hydroxylation sites is 1. The third-order valence-electron chi connectivity index (χ3n) is 3.28. The van der Waals surface area contributed by atoms with Gasteiger partial charge in [-0.2, -0.15) is 0 Å². The molecule has 3 rings (SSSR count). The van der Waals surface area contributed by atoms with Crippen LogP contribution in [0.4, 0.5) is 21.7 Å². The Kier molecular flexibility index (Phi) is 4.07. The molecule has 0 radical (unpaired) electrons. The van der Waals surface area contributed by atoms with Gasteiger partial charge in [-0.15, -0.1) is 0 Å². The van der Waals surface area contributed by atoms with Crippen LogP contribution in [-0.4, -0.2) is 21.0 Å². The summed E-state index contributed by atoms with van der Waals surface area (Å²) in [6.45, 7) is 0. The molecule has 3 aromatic rings. The van der Waals surface area contributed by atoms with Crippen molar-refractivity contribution < 1.29 is 14.3 Å². The van der Waals surface area contributed by atoms with Crippen molar-refractivity contribution in [2.75, 3.05) is 11.1 Å². The van der Waals surface area contributed by atoms with Crippen molar-refractivity contribution in [2.24, 2.45) is 0 Å². The number of nitrogen functional groups attached to an aromatic ring is 1. The third kappa shape index (κ3) is 3.14. The van der Waals surface area contributed by atoms with E-state index in [0.717, 1.165) is 0 Å². The van der Waals surface area contributed by atoms with E-state index in [1.54, 1.807) is 36.4 Å². The molecule has 1 heterocycles. The zero-order valence-corrected chi connectivity index (χ0v) is 12.4. The Labute approximate surface area is 136 Å². The van der Waals surface area contributed by atoms with E-state index in [0.29, 0.717) is 5.69 Å². The Balaban J connectivity index is 2.02. The molecule has 0 aliphatic carbocycles. The predicted molar refractivity (Wildman–Crippen MR) is 88.5 cm³/mol. The van der Waals surface area contributed by atoms with Crippen LogP contribution in [0, 0.1) is 5.82 Å². The molecular formula is C17H13FN4O2. The van der Waals surface area contributed by atoms with Gasteiger partial charge < -0.3 is 16.2 Å². The van der Waals surface area contributed by atoms with Crippen molar-refractivity contribution >= 4 is 23.3 Å². The fourth-order valence-electron chi connectivity index (χ4n) is 2.21. The first-order chi connectivity index (χ1) is 11.5. The lowest BCUT2D eigenvalue weighted by Crippen LogP contribution is -2.05. The molecule has 0 amide bonds. The molecule has 0 saturated heterocycles. The number of aromatic carboxylic acids is 1. The minimum Gasteiger partial charge on any atom is -0.478 e. The Hall–Kier alpha value is -3.48. The molecule has 24 heavy (non-hydrogen) atoms. The number of nitrogens with one attached hydrogen (secondary N) is 1. The highest BCUT2D eigenvalue weighted by atomic mass is 19.1. The van der Waals surface area contributed by atoms with Crippen molar-refractivity contribution in [1.29, 1.82) is 0 Å². The molecule has 0 fully saturated rings. The summed E-state index contributed by atoms with van der Waals surface area (Å²) in [7, 11) is 0. The smallest absolute Gasteiger partial charge is 0.337 e. The summed E-state index contributed by atoms with van der Waals surface area (Å²) >= 11 is 0. The number of rotatable bonds is 4. The van der Waals surface area contributed by atoms with Crippen LogP contribution in [0.5, 0.6) is 0 Å². The second-order valence-electron chi connectivity index (χ2n) is 4.96. The molecule has 0 saturated carbocycles. The minimum absolute atomic E-state index is 0.0853. The maximum absolute atomic E-state index is 13.9.